The van der Waals surface area contributed by atoms with Crippen LogP contribution in [0.25, 0.3) is 0 Å². The van der Waals surface area contributed by atoms with E-state index in [4.69, 9.17) is 5.73 Å². The van der Waals surface area contributed by atoms with Crippen LogP contribution in [0.2, 0.25) is 0 Å². The molecule has 0 aromatic heterocycles. The lowest BCUT2D eigenvalue weighted by Crippen LogP contribution is -2.31. The van der Waals surface area contributed by atoms with Gasteiger partial charge in [0.1, 0.15) is 0 Å². The third-order valence-corrected chi connectivity index (χ3v) is 2.39. The summed E-state index contributed by atoms with van der Waals surface area (Å²) in [5.41, 5.74) is 5.01. The average molecular weight is 205 g/mol. The van der Waals surface area contributed by atoms with Crippen LogP contribution >= 0.6 is 12.8 Å². The minimum absolute atomic E-state index is 0.483. The molecule has 13 heavy (non-hydrogen) atoms. The first-order chi connectivity index (χ1) is 6.11. The first-order valence-corrected chi connectivity index (χ1v) is 5.00. The molecule has 0 aliphatic heterocycles. The third kappa shape index (κ3) is 5.76. The Hall–Kier alpha value is -0.420. The van der Waals surface area contributed by atoms with Gasteiger partial charge in [-0.25, -0.2) is 4.79 Å². The van der Waals surface area contributed by atoms with E-state index in [1.165, 1.54) is 4.31 Å². The maximum Gasteiger partial charge on any atom is 0.324 e. The molecule has 0 aromatic carbocycles. The van der Waals surface area contributed by atoms with Gasteiger partial charge in [-0.1, -0.05) is 26.7 Å². The van der Waals surface area contributed by atoms with Crippen molar-refractivity contribution in [2.24, 2.45) is 5.73 Å². The molecule has 0 bridgehead atoms. The van der Waals surface area contributed by atoms with Crippen LogP contribution in [0.1, 0.15) is 20.3 Å². The highest BCUT2D eigenvalue weighted by Gasteiger charge is 2.04. The van der Waals surface area contributed by atoms with Crippen LogP contribution in [-0.2, 0) is 0 Å². The zero-order valence-corrected chi connectivity index (χ0v) is 9.26. The van der Waals surface area contributed by atoms with E-state index < -0.39 is 6.03 Å². The van der Waals surface area contributed by atoms with Crippen LogP contribution in [0, 0.1) is 0 Å². The lowest BCUT2D eigenvalue weighted by Gasteiger charge is -2.19. The Morgan fingerprint density at radius 3 is 2.23 bits per heavy atom. The van der Waals surface area contributed by atoms with Crippen LogP contribution in [-0.4, -0.2) is 41.4 Å². The van der Waals surface area contributed by atoms with Gasteiger partial charge in [-0.3, -0.25) is 4.31 Å². The fourth-order valence-corrected chi connectivity index (χ4v) is 1.24. The Morgan fingerprint density at radius 1 is 1.31 bits per heavy atom. The van der Waals surface area contributed by atoms with Crippen molar-refractivity contribution in [3.63, 3.8) is 0 Å². The van der Waals surface area contributed by atoms with E-state index in [1.807, 2.05) is 0 Å². The van der Waals surface area contributed by atoms with Gasteiger partial charge in [0.15, 0.2) is 0 Å². The van der Waals surface area contributed by atoms with Crippen LogP contribution in [0.4, 0.5) is 4.79 Å². The van der Waals surface area contributed by atoms with Crippen molar-refractivity contribution in [3.8, 4) is 0 Å². The molecule has 0 aromatic rings. The van der Waals surface area contributed by atoms with E-state index in [-0.39, 0.29) is 0 Å². The summed E-state index contributed by atoms with van der Waals surface area (Å²) < 4.78 is 1.24. The van der Waals surface area contributed by atoms with E-state index in [0.29, 0.717) is 6.54 Å². The number of thiol groups is 1. The van der Waals surface area contributed by atoms with Crippen molar-refractivity contribution in [2.45, 2.75) is 20.3 Å². The number of carbonyl (C=O) groups is 1. The van der Waals surface area contributed by atoms with Crippen molar-refractivity contribution < 1.29 is 4.79 Å². The zero-order valence-electron chi connectivity index (χ0n) is 8.36. The molecule has 0 radical (unpaired) electrons. The smallest absolute Gasteiger partial charge is 0.324 e. The Labute approximate surface area is 85.6 Å². The molecule has 0 aliphatic carbocycles. The SMILES string of the molecule is CCN(CC)CCCN(S)C(N)=O. The predicted octanol–water partition coefficient (Wildman–Crippen LogP) is 0.944. The molecule has 4 nitrogen and oxygen atoms in total. The molecular weight excluding hydrogens is 186 g/mol. The Bertz CT molecular complexity index is 150. The zero-order chi connectivity index (χ0) is 10.3. The standard InChI is InChI=1S/C8H19N3OS/c1-3-10(4-2)6-5-7-11(13)8(9)12/h13H,3-7H2,1-2H3,(H2,9,12). The van der Waals surface area contributed by atoms with Gasteiger partial charge in [0.25, 0.3) is 0 Å². The third-order valence-electron chi connectivity index (χ3n) is 1.99. The van der Waals surface area contributed by atoms with Crippen LogP contribution in [0.5, 0.6) is 0 Å². The highest BCUT2D eigenvalue weighted by Crippen LogP contribution is 1.97. The minimum Gasteiger partial charge on any atom is -0.351 e. The summed E-state index contributed by atoms with van der Waals surface area (Å²) in [5.74, 6) is 0. The molecule has 0 heterocycles. The largest absolute Gasteiger partial charge is 0.351 e. The van der Waals surface area contributed by atoms with Crippen LogP contribution in [0.3, 0.4) is 0 Å². The second-order valence-corrected chi connectivity index (χ2v) is 3.32. The molecule has 0 unspecified atom stereocenters. The van der Waals surface area contributed by atoms with E-state index in [9.17, 15) is 4.79 Å². The summed E-state index contributed by atoms with van der Waals surface area (Å²) in [6.07, 6.45) is 0.911. The molecule has 0 fully saturated rings. The molecule has 0 rings (SSSR count). The maximum atomic E-state index is 10.6. The number of nitrogens with two attached hydrogens (primary N) is 1. The molecule has 2 N–H and O–H groups in total. The fraction of sp³-hybridized carbons (Fsp3) is 0.875. The maximum absolute atomic E-state index is 10.6. The number of primary amides is 1. The summed E-state index contributed by atoms with van der Waals surface area (Å²) in [5, 5.41) is 0. The lowest BCUT2D eigenvalue weighted by atomic mass is 10.3. The highest BCUT2D eigenvalue weighted by molar-refractivity contribution is 7.78. The van der Waals surface area contributed by atoms with Crippen molar-refractivity contribution in [2.75, 3.05) is 26.2 Å². The van der Waals surface area contributed by atoms with Gasteiger partial charge < -0.3 is 10.6 Å². The Morgan fingerprint density at radius 2 is 1.85 bits per heavy atom. The summed E-state index contributed by atoms with van der Waals surface area (Å²) in [6, 6.07) is -0.483. The van der Waals surface area contributed by atoms with Gasteiger partial charge in [0.2, 0.25) is 0 Å². The quantitative estimate of drug-likeness (QED) is 0.634. The molecule has 2 amide bonds. The van der Waals surface area contributed by atoms with Crippen molar-refractivity contribution >= 4 is 18.8 Å². The summed E-state index contributed by atoms with van der Waals surface area (Å²) in [6.45, 7) is 7.91. The molecule has 78 valence electrons. The molecular formula is C8H19N3OS. The molecule has 0 spiro atoms. The number of hydrogen-bond acceptors (Lipinski definition) is 3. The number of nitrogens with zero attached hydrogens (tertiary/aromatic N) is 2. The van der Waals surface area contributed by atoms with Crippen LogP contribution in [0.15, 0.2) is 0 Å². The van der Waals surface area contributed by atoms with Gasteiger partial charge >= 0.3 is 6.03 Å². The molecule has 0 atom stereocenters. The Balaban J connectivity index is 3.48. The summed E-state index contributed by atoms with van der Waals surface area (Å²) in [7, 11) is 0. The number of hydrogen-bond donors (Lipinski definition) is 2. The normalized spacial score (nSPS) is 10.5. The van der Waals surface area contributed by atoms with E-state index in [1.54, 1.807) is 0 Å². The monoisotopic (exact) mass is 205 g/mol. The molecule has 0 aliphatic rings. The first kappa shape index (κ1) is 12.6. The average Bonchev–Trinajstić information content (AvgIpc) is 2.12. The summed E-state index contributed by atoms with van der Waals surface area (Å²) >= 11 is 3.93. The van der Waals surface area contributed by atoms with E-state index >= 15 is 0 Å². The van der Waals surface area contributed by atoms with Crippen molar-refractivity contribution in [3.05, 3.63) is 0 Å². The minimum atomic E-state index is -0.483. The van der Waals surface area contributed by atoms with Crippen LogP contribution < -0.4 is 5.73 Å². The summed E-state index contributed by atoms with van der Waals surface area (Å²) in [4.78, 5) is 12.9. The molecule has 5 heteroatoms. The predicted molar refractivity (Wildman–Crippen MR) is 57.7 cm³/mol. The fourth-order valence-electron chi connectivity index (χ4n) is 1.09. The van der Waals surface area contributed by atoms with Crippen molar-refractivity contribution in [1.29, 1.82) is 0 Å². The Kier molecular flexibility index (Phi) is 6.80. The van der Waals surface area contributed by atoms with E-state index in [0.717, 1.165) is 26.1 Å². The van der Waals surface area contributed by atoms with Crippen molar-refractivity contribution in [1.82, 2.24) is 9.21 Å². The number of urea groups is 1. The number of rotatable bonds is 6. The number of amides is 2. The highest BCUT2D eigenvalue weighted by atomic mass is 32.1. The van der Waals surface area contributed by atoms with Gasteiger partial charge in [0, 0.05) is 6.54 Å². The topological polar surface area (TPSA) is 49.6 Å². The molecule has 0 saturated heterocycles. The van der Waals surface area contributed by atoms with Gasteiger partial charge in [-0.05, 0) is 26.1 Å². The van der Waals surface area contributed by atoms with Gasteiger partial charge in [-0.15, -0.1) is 0 Å². The first-order valence-electron chi connectivity index (χ1n) is 4.60. The number of carbonyl (C=O) groups excluding carboxylic acids is 1. The lowest BCUT2D eigenvalue weighted by molar-refractivity contribution is 0.231. The second-order valence-electron chi connectivity index (χ2n) is 2.84. The van der Waals surface area contributed by atoms with Gasteiger partial charge in [-0.2, -0.15) is 0 Å². The van der Waals surface area contributed by atoms with E-state index in [2.05, 4.69) is 31.6 Å². The second kappa shape index (κ2) is 7.03. The van der Waals surface area contributed by atoms with Gasteiger partial charge in [0.05, 0.1) is 0 Å². The molecule has 0 saturated carbocycles.